The average molecular weight is 178 g/mol. The molecule has 0 N–H and O–H groups in total. The predicted molar refractivity (Wildman–Crippen MR) is 49.4 cm³/mol. The zero-order chi connectivity index (χ0) is 8.36. The van der Waals surface area contributed by atoms with Crippen molar-refractivity contribution in [3.05, 3.63) is 0 Å². The van der Waals surface area contributed by atoms with E-state index in [2.05, 4.69) is 29.1 Å². The quantitative estimate of drug-likeness (QED) is 0.202. The monoisotopic (exact) mass is 178 g/mol. The van der Waals surface area contributed by atoms with Gasteiger partial charge < -0.3 is 0 Å². The third-order valence-electron chi connectivity index (χ3n) is 1.63. The van der Waals surface area contributed by atoms with Crippen LogP contribution in [0.25, 0.3) is 0 Å². The first kappa shape index (κ1) is 11.3. The molecule has 0 aliphatic heterocycles. The molecule has 0 spiro atoms. The minimum Gasteiger partial charge on any atom is -0.225 e. The summed E-state index contributed by atoms with van der Waals surface area (Å²) in [4.78, 5) is 4.60. The first-order valence-corrected chi connectivity index (χ1v) is 4.71. The van der Waals surface area contributed by atoms with Gasteiger partial charge >= 0.3 is 0 Å². The normalized spacial score (nSPS) is 10.4. The molecule has 11 heavy (non-hydrogen) atoms. The molecule has 0 heterocycles. The number of unbranched alkanes of at least 4 members (excludes halogenated alkanes) is 5. The molecule has 3 heteroatoms. The molecule has 0 fully saturated rings. The van der Waals surface area contributed by atoms with Crippen LogP contribution in [0.2, 0.25) is 0 Å². The van der Waals surface area contributed by atoms with E-state index in [1.54, 1.807) is 0 Å². The molecule has 0 aromatic heterocycles. The van der Waals surface area contributed by atoms with Crippen LogP contribution in [0.1, 0.15) is 45.4 Å². The Balaban J connectivity index is 2.69. The van der Waals surface area contributed by atoms with Crippen molar-refractivity contribution in [2.24, 2.45) is 0 Å². The molecular weight excluding hydrogens is 160 g/mol. The summed E-state index contributed by atoms with van der Waals surface area (Å²) in [5.74, 6) is 0. The van der Waals surface area contributed by atoms with Crippen molar-refractivity contribution in [2.75, 3.05) is 6.61 Å². The summed E-state index contributed by atoms with van der Waals surface area (Å²) in [6.45, 7) is 2.88. The maximum Gasteiger partial charge on any atom is 0.0834 e. The topological polar surface area (TPSA) is 18.5 Å². The number of hydrogen-bond donors (Lipinski definition) is 1. The van der Waals surface area contributed by atoms with E-state index < -0.39 is 0 Å². The Labute approximate surface area is 74.8 Å². The van der Waals surface area contributed by atoms with Crippen LogP contribution >= 0.6 is 12.9 Å². The second-order valence-electron chi connectivity index (χ2n) is 2.66. The third-order valence-corrected chi connectivity index (χ3v) is 1.74. The van der Waals surface area contributed by atoms with Crippen molar-refractivity contribution >= 4 is 12.9 Å². The van der Waals surface area contributed by atoms with Crippen molar-refractivity contribution < 1.29 is 9.22 Å². The lowest BCUT2D eigenvalue weighted by Gasteiger charge is -1.99. The van der Waals surface area contributed by atoms with E-state index in [4.69, 9.17) is 0 Å². The zero-order valence-electron chi connectivity index (χ0n) is 7.21. The molecule has 0 aromatic carbocycles. The van der Waals surface area contributed by atoms with Gasteiger partial charge in [-0.1, -0.05) is 39.0 Å². The van der Waals surface area contributed by atoms with Crippen molar-refractivity contribution in [3.8, 4) is 0 Å². The lowest BCUT2D eigenvalue weighted by molar-refractivity contribution is -0.188. The molecule has 0 atom stereocenters. The molecule has 68 valence electrons. The fourth-order valence-corrected chi connectivity index (χ4v) is 1.05. The maximum atomic E-state index is 4.60. The van der Waals surface area contributed by atoms with Crippen LogP contribution in [0.4, 0.5) is 0 Å². The van der Waals surface area contributed by atoms with Crippen LogP contribution < -0.4 is 0 Å². The molecule has 2 nitrogen and oxygen atoms in total. The lowest BCUT2D eigenvalue weighted by Crippen LogP contribution is -1.89. The molecular formula is C8H18O2S. The number of thiol groups is 1. The molecule has 0 aliphatic rings. The Bertz CT molecular complexity index is 61.1. The summed E-state index contributed by atoms with van der Waals surface area (Å²) in [6.07, 6.45) is 7.61. The first-order valence-electron chi connectivity index (χ1n) is 4.35. The van der Waals surface area contributed by atoms with Gasteiger partial charge in [0.15, 0.2) is 0 Å². The van der Waals surface area contributed by atoms with Gasteiger partial charge in [-0.2, -0.15) is 4.33 Å². The van der Waals surface area contributed by atoms with E-state index in [9.17, 15) is 0 Å². The fraction of sp³-hybridized carbons (Fsp3) is 1.00. The molecule has 0 amide bonds. The highest BCUT2D eigenvalue weighted by Gasteiger charge is 1.89. The minimum absolute atomic E-state index is 0.662. The summed E-state index contributed by atoms with van der Waals surface area (Å²) < 4.78 is 4.16. The van der Waals surface area contributed by atoms with Gasteiger partial charge in [0.25, 0.3) is 0 Å². The Morgan fingerprint density at radius 2 is 1.64 bits per heavy atom. The molecule has 0 aliphatic carbocycles. The van der Waals surface area contributed by atoms with Crippen LogP contribution in [0.5, 0.6) is 0 Å². The molecule has 0 unspecified atom stereocenters. The predicted octanol–water partition coefficient (Wildman–Crippen LogP) is 3.14. The zero-order valence-corrected chi connectivity index (χ0v) is 8.11. The summed E-state index contributed by atoms with van der Waals surface area (Å²) in [7, 11) is 0. The summed E-state index contributed by atoms with van der Waals surface area (Å²) in [5, 5.41) is 0. The van der Waals surface area contributed by atoms with Crippen LogP contribution in [-0.4, -0.2) is 6.61 Å². The van der Waals surface area contributed by atoms with Gasteiger partial charge in [-0.15, -0.1) is 0 Å². The smallest absolute Gasteiger partial charge is 0.0834 e. The SMILES string of the molecule is CCCCCCCCOOS. The van der Waals surface area contributed by atoms with Gasteiger partial charge in [0.2, 0.25) is 0 Å². The molecule has 0 aromatic rings. The largest absolute Gasteiger partial charge is 0.225 e. The van der Waals surface area contributed by atoms with Gasteiger partial charge in [-0.05, 0) is 6.42 Å². The average Bonchev–Trinajstić information content (AvgIpc) is 2.03. The van der Waals surface area contributed by atoms with E-state index >= 15 is 0 Å². The van der Waals surface area contributed by atoms with Crippen LogP contribution in [0.15, 0.2) is 0 Å². The summed E-state index contributed by atoms with van der Waals surface area (Å²) in [5.41, 5.74) is 0. The van der Waals surface area contributed by atoms with Crippen LogP contribution in [0, 0.1) is 0 Å². The van der Waals surface area contributed by atoms with Crippen molar-refractivity contribution in [2.45, 2.75) is 45.4 Å². The second kappa shape index (κ2) is 10.3. The van der Waals surface area contributed by atoms with Crippen molar-refractivity contribution in [1.82, 2.24) is 0 Å². The highest BCUT2D eigenvalue weighted by molar-refractivity contribution is 7.74. The Morgan fingerprint density at radius 3 is 2.27 bits per heavy atom. The van der Waals surface area contributed by atoms with E-state index in [1.807, 2.05) is 0 Å². The lowest BCUT2D eigenvalue weighted by atomic mass is 10.1. The van der Waals surface area contributed by atoms with E-state index in [0.717, 1.165) is 6.42 Å². The van der Waals surface area contributed by atoms with Gasteiger partial charge in [0.05, 0.1) is 6.61 Å². The first-order chi connectivity index (χ1) is 5.41. The van der Waals surface area contributed by atoms with Gasteiger partial charge in [-0.25, -0.2) is 4.89 Å². The van der Waals surface area contributed by atoms with Gasteiger partial charge in [-0.3, -0.25) is 0 Å². The minimum atomic E-state index is 0.662. The standard InChI is InChI=1S/C8H18O2S/c1-2-3-4-5-6-7-8-9-10-11/h11H,2-8H2,1H3. The molecule has 0 rings (SSSR count). The van der Waals surface area contributed by atoms with Gasteiger partial charge in [0.1, 0.15) is 0 Å². The second-order valence-corrected chi connectivity index (χ2v) is 2.81. The van der Waals surface area contributed by atoms with Crippen LogP contribution in [0.3, 0.4) is 0 Å². The molecule has 0 saturated heterocycles. The molecule has 0 bridgehead atoms. The van der Waals surface area contributed by atoms with Crippen molar-refractivity contribution in [1.29, 1.82) is 0 Å². The Hall–Kier alpha value is 0.270. The fourth-order valence-electron chi connectivity index (χ4n) is 0.979. The summed E-state index contributed by atoms with van der Waals surface area (Å²) >= 11 is 3.46. The summed E-state index contributed by atoms with van der Waals surface area (Å²) in [6, 6.07) is 0. The molecule has 0 saturated carbocycles. The van der Waals surface area contributed by atoms with E-state index in [0.29, 0.717) is 6.61 Å². The van der Waals surface area contributed by atoms with Gasteiger partial charge in [0, 0.05) is 12.9 Å². The molecule has 0 radical (unpaired) electrons. The third kappa shape index (κ3) is 10.3. The number of rotatable bonds is 8. The maximum absolute atomic E-state index is 4.60. The van der Waals surface area contributed by atoms with E-state index in [1.165, 1.54) is 32.1 Å². The Kier molecular flexibility index (Phi) is 10.5. The Morgan fingerprint density at radius 1 is 1.00 bits per heavy atom. The van der Waals surface area contributed by atoms with Crippen molar-refractivity contribution in [3.63, 3.8) is 0 Å². The number of hydrogen-bond acceptors (Lipinski definition) is 3. The van der Waals surface area contributed by atoms with Crippen LogP contribution in [-0.2, 0) is 9.22 Å². The van der Waals surface area contributed by atoms with E-state index in [-0.39, 0.29) is 0 Å². The highest BCUT2D eigenvalue weighted by atomic mass is 32.1. The highest BCUT2D eigenvalue weighted by Crippen LogP contribution is 2.04.